The topological polar surface area (TPSA) is 76.1 Å². The van der Waals surface area contributed by atoms with Crippen LogP contribution in [0.5, 0.6) is 0 Å². The molecule has 1 aliphatic heterocycles. The molecule has 0 spiro atoms. The highest BCUT2D eigenvalue weighted by atomic mass is 16.5. The van der Waals surface area contributed by atoms with Crippen molar-refractivity contribution in [3.8, 4) is 0 Å². The number of carbonyl (C=O) groups is 2. The minimum atomic E-state index is -0.870. The highest BCUT2D eigenvalue weighted by Crippen LogP contribution is 2.40. The number of rotatable bonds is 4. The molecule has 17 heavy (non-hydrogen) atoms. The lowest BCUT2D eigenvalue weighted by molar-refractivity contribution is -0.146. The summed E-state index contributed by atoms with van der Waals surface area (Å²) < 4.78 is 10.4. The number of carboxylic acid groups (broad SMARTS) is 1. The van der Waals surface area contributed by atoms with Gasteiger partial charge in [0.15, 0.2) is 0 Å². The molecule has 3 atom stereocenters. The van der Waals surface area contributed by atoms with Gasteiger partial charge in [-0.05, 0) is 6.42 Å². The number of methoxy groups -OCH3 is 1. The largest absolute Gasteiger partial charge is 0.481 e. The quantitative estimate of drug-likeness (QED) is 0.725. The number of carboxylic acids is 1. The van der Waals surface area contributed by atoms with Crippen molar-refractivity contribution in [3.63, 3.8) is 0 Å². The lowest BCUT2D eigenvalue weighted by Crippen LogP contribution is -2.48. The van der Waals surface area contributed by atoms with Gasteiger partial charge in [0, 0.05) is 20.2 Å². The lowest BCUT2D eigenvalue weighted by atomic mass is 10.2. The molecular weight excluding hydrogens is 226 g/mol. The second-order valence-corrected chi connectivity index (χ2v) is 4.52. The molecule has 1 heterocycles. The van der Waals surface area contributed by atoms with Gasteiger partial charge in [-0.1, -0.05) is 0 Å². The Morgan fingerprint density at radius 1 is 1.47 bits per heavy atom. The van der Waals surface area contributed by atoms with E-state index in [2.05, 4.69) is 0 Å². The van der Waals surface area contributed by atoms with Crippen LogP contribution in [0.3, 0.4) is 0 Å². The molecule has 0 aromatic heterocycles. The Balaban J connectivity index is 1.85. The summed E-state index contributed by atoms with van der Waals surface area (Å²) in [5, 5.41) is 8.79. The Labute approximate surface area is 99.5 Å². The van der Waals surface area contributed by atoms with Crippen molar-refractivity contribution in [3.05, 3.63) is 0 Å². The van der Waals surface area contributed by atoms with Crippen molar-refractivity contribution in [1.82, 2.24) is 4.90 Å². The molecular formula is C11H17NO5. The highest BCUT2D eigenvalue weighted by Gasteiger charge is 2.50. The Morgan fingerprint density at radius 2 is 2.24 bits per heavy atom. The monoisotopic (exact) mass is 243 g/mol. The zero-order valence-corrected chi connectivity index (χ0v) is 9.80. The molecule has 1 amide bonds. The molecule has 2 rings (SSSR count). The predicted octanol–water partition coefficient (Wildman–Crippen LogP) is -0.419. The van der Waals surface area contributed by atoms with E-state index >= 15 is 0 Å². The van der Waals surface area contributed by atoms with Crippen molar-refractivity contribution < 1.29 is 24.2 Å². The molecule has 1 saturated carbocycles. The zero-order chi connectivity index (χ0) is 12.4. The maximum Gasteiger partial charge on any atom is 0.307 e. The first kappa shape index (κ1) is 12.3. The molecule has 0 aromatic rings. The van der Waals surface area contributed by atoms with Crippen LogP contribution in [0, 0.1) is 11.8 Å². The first-order valence-electron chi connectivity index (χ1n) is 5.75. The van der Waals surface area contributed by atoms with Gasteiger partial charge in [-0.25, -0.2) is 0 Å². The first-order valence-corrected chi connectivity index (χ1v) is 5.75. The summed E-state index contributed by atoms with van der Waals surface area (Å²) in [6.07, 6.45) is 0.375. The molecule has 6 nitrogen and oxygen atoms in total. The number of carbonyl (C=O) groups excluding carboxylic acids is 1. The Bertz CT molecular complexity index is 317. The summed E-state index contributed by atoms with van der Waals surface area (Å²) in [6, 6.07) is 0. The molecule has 2 aliphatic rings. The van der Waals surface area contributed by atoms with Crippen LogP contribution in [-0.4, -0.2) is 61.4 Å². The number of hydrogen-bond acceptors (Lipinski definition) is 4. The smallest absolute Gasteiger partial charge is 0.307 e. The Kier molecular flexibility index (Phi) is 3.63. The van der Waals surface area contributed by atoms with E-state index in [9.17, 15) is 9.59 Å². The van der Waals surface area contributed by atoms with Crippen LogP contribution >= 0.6 is 0 Å². The molecule has 1 saturated heterocycles. The van der Waals surface area contributed by atoms with E-state index in [4.69, 9.17) is 14.6 Å². The summed E-state index contributed by atoms with van der Waals surface area (Å²) in [4.78, 5) is 24.4. The van der Waals surface area contributed by atoms with E-state index in [1.165, 1.54) is 0 Å². The zero-order valence-electron chi connectivity index (χ0n) is 9.80. The second-order valence-electron chi connectivity index (χ2n) is 4.52. The van der Waals surface area contributed by atoms with Gasteiger partial charge in [0.1, 0.15) is 0 Å². The van der Waals surface area contributed by atoms with Gasteiger partial charge >= 0.3 is 5.97 Å². The van der Waals surface area contributed by atoms with Crippen molar-refractivity contribution >= 4 is 11.9 Å². The van der Waals surface area contributed by atoms with Crippen LogP contribution in [0.15, 0.2) is 0 Å². The molecule has 0 unspecified atom stereocenters. The highest BCUT2D eigenvalue weighted by molar-refractivity contribution is 5.89. The molecule has 1 aliphatic carbocycles. The van der Waals surface area contributed by atoms with E-state index in [-0.39, 0.29) is 17.9 Å². The van der Waals surface area contributed by atoms with Crippen LogP contribution < -0.4 is 0 Å². The summed E-state index contributed by atoms with van der Waals surface area (Å²) >= 11 is 0. The number of nitrogens with zero attached hydrogens (tertiary/aromatic N) is 1. The third-order valence-electron chi connectivity index (χ3n) is 3.23. The van der Waals surface area contributed by atoms with Crippen molar-refractivity contribution in [2.45, 2.75) is 12.5 Å². The lowest BCUT2D eigenvalue weighted by Gasteiger charge is -2.32. The average Bonchev–Trinajstić information content (AvgIpc) is 3.09. The summed E-state index contributed by atoms with van der Waals surface area (Å²) in [7, 11) is 1.59. The Morgan fingerprint density at radius 3 is 2.82 bits per heavy atom. The fourth-order valence-electron chi connectivity index (χ4n) is 2.18. The first-order chi connectivity index (χ1) is 8.13. The number of ether oxygens (including phenoxy) is 2. The third-order valence-corrected chi connectivity index (χ3v) is 3.23. The molecule has 96 valence electrons. The minimum Gasteiger partial charge on any atom is -0.481 e. The normalized spacial score (nSPS) is 32.3. The molecule has 0 radical (unpaired) electrons. The van der Waals surface area contributed by atoms with Gasteiger partial charge in [-0.15, -0.1) is 0 Å². The maximum atomic E-state index is 12.0. The van der Waals surface area contributed by atoms with Gasteiger partial charge in [0.05, 0.1) is 31.2 Å². The predicted molar refractivity (Wildman–Crippen MR) is 57.4 cm³/mol. The standard InChI is InChI=1S/C11H17NO5/c1-16-6-7-5-12(2-3-17-7)10(13)8-4-9(8)11(14)15/h7-9H,2-6H2,1H3,(H,14,15)/t7-,8+,9-/m0/s1. The van der Waals surface area contributed by atoms with Crippen molar-refractivity contribution in [1.29, 1.82) is 0 Å². The summed E-state index contributed by atoms with van der Waals surface area (Å²) in [5.74, 6) is -1.73. The van der Waals surface area contributed by atoms with Gasteiger partial charge in [-0.2, -0.15) is 0 Å². The van der Waals surface area contributed by atoms with Crippen LogP contribution in [0.1, 0.15) is 6.42 Å². The maximum absolute atomic E-state index is 12.0. The molecule has 0 aromatic carbocycles. The van der Waals surface area contributed by atoms with Crippen LogP contribution in [0.4, 0.5) is 0 Å². The number of hydrogen-bond donors (Lipinski definition) is 1. The molecule has 2 fully saturated rings. The summed E-state index contributed by atoms with van der Waals surface area (Å²) in [6.45, 7) is 1.98. The van der Waals surface area contributed by atoms with E-state index in [0.717, 1.165) is 0 Å². The second kappa shape index (κ2) is 5.01. The van der Waals surface area contributed by atoms with Crippen LogP contribution in [0.25, 0.3) is 0 Å². The van der Waals surface area contributed by atoms with E-state index in [1.54, 1.807) is 12.0 Å². The van der Waals surface area contributed by atoms with E-state index in [1.807, 2.05) is 0 Å². The number of morpholine rings is 1. The SMILES string of the molecule is COC[C@@H]1CN(C(=O)[C@@H]2C[C@@H]2C(=O)O)CCO1. The summed E-state index contributed by atoms with van der Waals surface area (Å²) in [5.41, 5.74) is 0. The van der Waals surface area contributed by atoms with E-state index in [0.29, 0.717) is 32.7 Å². The Hall–Kier alpha value is -1.14. The fourth-order valence-corrected chi connectivity index (χ4v) is 2.18. The molecule has 0 bridgehead atoms. The number of aliphatic carboxylic acids is 1. The van der Waals surface area contributed by atoms with Crippen LogP contribution in [-0.2, 0) is 19.1 Å². The van der Waals surface area contributed by atoms with Crippen LogP contribution in [0.2, 0.25) is 0 Å². The van der Waals surface area contributed by atoms with E-state index < -0.39 is 11.9 Å². The minimum absolute atomic E-state index is 0.0539. The van der Waals surface area contributed by atoms with Gasteiger partial charge in [0.2, 0.25) is 5.91 Å². The molecule has 1 N–H and O–H groups in total. The third kappa shape index (κ3) is 2.76. The van der Waals surface area contributed by atoms with Gasteiger partial charge in [0.25, 0.3) is 0 Å². The van der Waals surface area contributed by atoms with Crippen molar-refractivity contribution in [2.75, 3.05) is 33.4 Å². The van der Waals surface area contributed by atoms with Gasteiger partial charge in [-0.3, -0.25) is 9.59 Å². The number of amides is 1. The average molecular weight is 243 g/mol. The molecule has 6 heteroatoms. The van der Waals surface area contributed by atoms with Gasteiger partial charge < -0.3 is 19.5 Å². The van der Waals surface area contributed by atoms with Crippen molar-refractivity contribution in [2.24, 2.45) is 11.8 Å². The fraction of sp³-hybridized carbons (Fsp3) is 0.818.